The van der Waals surface area contributed by atoms with Crippen molar-refractivity contribution >= 4 is 0 Å². The summed E-state index contributed by atoms with van der Waals surface area (Å²) in [6, 6.07) is 13.0. The summed E-state index contributed by atoms with van der Waals surface area (Å²) >= 11 is 0. The first-order chi connectivity index (χ1) is 9.72. The molecule has 0 radical (unpaired) electrons. The molecule has 1 heterocycles. The van der Waals surface area contributed by atoms with Crippen LogP contribution >= 0.6 is 0 Å². The third-order valence-electron chi connectivity index (χ3n) is 5.16. The molecule has 20 heavy (non-hydrogen) atoms. The van der Waals surface area contributed by atoms with Crippen LogP contribution in [0.15, 0.2) is 30.3 Å². The quantitative estimate of drug-likeness (QED) is 0.909. The fourth-order valence-electron chi connectivity index (χ4n) is 3.98. The predicted molar refractivity (Wildman–Crippen MR) is 84.9 cm³/mol. The van der Waals surface area contributed by atoms with Crippen LogP contribution in [0.5, 0.6) is 0 Å². The lowest BCUT2D eigenvalue weighted by Gasteiger charge is -2.42. The Morgan fingerprint density at radius 1 is 1.15 bits per heavy atom. The maximum absolute atomic E-state index is 3.74. The first kappa shape index (κ1) is 14.1. The van der Waals surface area contributed by atoms with Crippen molar-refractivity contribution in [3.05, 3.63) is 35.9 Å². The first-order valence-corrected chi connectivity index (χ1v) is 8.25. The van der Waals surface area contributed by atoms with Gasteiger partial charge in [-0.1, -0.05) is 37.3 Å². The van der Waals surface area contributed by atoms with Gasteiger partial charge in [0.15, 0.2) is 0 Å². The maximum atomic E-state index is 3.74. The number of hydrogen-bond acceptors (Lipinski definition) is 2. The Kier molecular flexibility index (Phi) is 4.42. The van der Waals surface area contributed by atoms with Gasteiger partial charge >= 0.3 is 0 Å². The average Bonchev–Trinajstić information content (AvgIpc) is 2.89. The van der Waals surface area contributed by atoms with Crippen molar-refractivity contribution in [1.29, 1.82) is 0 Å². The average molecular weight is 272 g/mol. The summed E-state index contributed by atoms with van der Waals surface area (Å²) in [5, 5.41) is 3.74. The van der Waals surface area contributed by atoms with Crippen molar-refractivity contribution in [3.8, 4) is 0 Å². The Morgan fingerprint density at radius 3 is 2.65 bits per heavy atom. The molecule has 1 saturated carbocycles. The summed E-state index contributed by atoms with van der Waals surface area (Å²) in [6.07, 6.45) is 5.39. The molecule has 4 atom stereocenters. The van der Waals surface area contributed by atoms with Crippen LogP contribution < -0.4 is 5.32 Å². The van der Waals surface area contributed by atoms with Gasteiger partial charge < -0.3 is 5.32 Å². The summed E-state index contributed by atoms with van der Waals surface area (Å²) in [5.74, 6) is 0.926. The second-order valence-electron chi connectivity index (χ2n) is 6.91. The first-order valence-electron chi connectivity index (χ1n) is 8.25. The highest BCUT2D eigenvalue weighted by molar-refractivity contribution is 5.16. The van der Waals surface area contributed by atoms with Gasteiger partial charge in [-0.05, 0) is 44.1 Å². The summed E-state index contributed by atoms with van der Waals surface area (Å²) in [6.45, 7) is 7.15. The zero-order valence-electron chi connectivity index (χ0n) is 12.9. The standard InChI is InChI=1S/C18H28N2/c1-14-8-9-18(10-14)20-13-17(19-12-15(20)2)11-16-6-4-3-5-7-16/h3-7,14-15,17-19H,8-13H2,1-2H3. The highest BCUT2D eigenvalue weighted by Crippen LogP contribution is 2.31. The highest BCUT2D eigenvalue weighted by atomic mass is 15.3. The van der Waals surface area contributed by atoms with Gasteiger partial charge in [-0.2, -0.15) is 0 Å². The number of benzene rings is 1. The second-order valence-corrected chi connectivity index (χ2v) is 6.91. The molecular weight excluding hydrogens is 244 g/mol. The van der Waals surface area contributed by atoms with Crippen LogP contribution in [0.2, 0.25) is 0 Å². The lowest BCUT2D eigenvalue weighted by molar-refractivity contribution is 0.0913. The zero-order valence-corrected chi connectivity index (χ0v) is 12.9. The summed E-state index contributed by atoms with van der Waals surface area (Å²) in [4.78, 5) is 2.79. The third-order valence-corrected chi connectivity index (χ3v) is 5.16. The van der Waals surface area contributed by atoms with Crippen molar-refractivity contribution in [1.82, 2.24) is 10.2 Å². The minimum atomic E-state index is 0.615. The third kappa shape index (κ3) is 3.24. The van der Waals surface area contributed by atoms with Crippen LogP contribution in [0.1, 0.15) is 38.7 Å². The van der Waals surface area contributed by atoms with E-state index in [1.54, 1.807) is 0 Å². The van der Waals surface area contributed by atoms with Gasteiger partial charge in [0, 0.05) is 31.2 Å². The van der Waals surface area contributed by atoms with E-state index >= 15 is 0 Å². The summed E-state index contributed by atoms with van der Waals surface area (Å²) in [7, 11) is 0. The van der Waals surface area contributed by atoms with E-state index in [1.165, 1.54) is 31.4 Å². The smallest absolute Gasteiger partial charge is 0.0236 e. The van der Waals surface area contributed by atoms with E-state index in [0.29, 0.717) is 12.1 Å². The molecule has 2 nitrogen and oxygen atoms in total. The number of nitrogens with zero attached hydrogens (tertiary/aromatic N) is 1. The van der Waals surface area contributed by atoms with E-state index in [-0.39, 0.29) is 0 Å². The highest BCUT2D eigenvalue weighted by Gasteiger charge is 2.33. The number of piperazine rings is 1. The van der Waals surface area contributed by atoms with Crippen molar-refractivity contribution in [2.24, 2.45) is 5.92 Å². The molecule has 0 amide bonds. The molecule has 1 aliphatic carbocycles. The molecule has 1 saturated heterocycles. The Bertz CT molecular complexity index is 417. The monoisotopic (exact) mass is 272 g/mol. The zero-order chi connectivity index (χ0) is 13.9. The lowest BCUT2D eigenvalue weighted by atomic mass is 9.99. The van der Waals surface area contributed by atoms with Gasteiger partial charge in [0.1, 0.15) is 0 Å². The number of nitrogens with one attached hydrogen (secondary N) is 1. The predicted octanol–water partition coefficient (Wildman–Crippen LogP) is 3.08. The molecule has 1 N–H and O–H groups in total. The molecule has 0 bridgehead atoms. The van der Waals surface area contributed by atoms with E-state index < -0.39 is 0 Å². The Hall–Kier alpha value is -0.860. The van der Waals surface area contributed by atoms with Crippen LogP contribution in [0.3, 0.4) is 0 Å². The van der Waals surface area contributed by atoms with Crippen LogP contribution in [-0.4, -0.2) is 36.1 Å². The van der Waals surface area contributed by atoms with Gasteiger partial charge in [-0.15, -0.1) is 0 Å². The lowest BCUT2D eigenvalue weighted by Crippen LogP contribution is -2.58. The van der Waals surface area contributed by atoms with Gasteiger partial charge in [0.2, 0.25) is 0 Å². The van der Waals surface area contributed by atoms with E-state index in [2.05, 4.69) is 54.4 Å². The maximum Gasteiger partial charge on any atom is 0.0236 e. The fourth-order valence-corrected chi connectivity index (χ4v) is 3.98. The van der Waals surface area contributed by atoms with Gasteiger partial charge in [0.25, 0.3) is 0 Å². The van der Waals surface area contributed by atoms with Crippen LogP contribution in [0, 0.1) is 5.92 Å². The SMILES string of the molecule is CC1CCC(N2CC(Cc3ccccc3)NCC2C)C1. The summed E-state index contributed by atoms with van der Waals surface area (Å²) in [5.41, 5.74) is 1.46. The molecule has 4 unspecified atom stereocenters. The normalized spacial score (nSPS) is 35.3. The number of rotatable bonds is 3. The van der Waals surface area contributed by atoms with E-state index in [0.717, 1.165) is 24.9 Å². The minimum Gasteiger partial charge on any atom is -0.311 e. The number of hydrogen-bond donors (Lipinski definition) is 1. The van der Waals surface area contributed by atoms with Gasteiger partial charge in [-0.3, -0.25) is 4.90 Å². The second kappa shape index (κ2) is 6.28. The molecule has 1 aromatic rings. The molecule has 1 aliphatic heterocycles. The van der Waals surface area contributed by atoms with Gasteiger partial charge in [-0.25, -0.2) is 0 Å². The Morgan fingerprint density at radius 2 is 1.95 bits per heavy atom. The summed E-state index contributed by atoms with van der Waals surface area (Å²) < 4.78 is 0. The van der Waals surface area contributed by atoms with E-state index in [4.69, 9.17) is 0 Å². The molecule has 1 aromatic carbocycles. The largest absolute Gasteiger partial charge is 0.311 e. The van der Waals surface area contributed by atoms with Crippen molar-refractivity contribution in [3.63, 3.8) is 0 Å². The van der Waals surface area contributed by atoms with Crippen LogP contribution in [0.25, 0.3) is 0 Å². The molecule has 110 valence electrons. The fraction of sp³-hybridized carbons (Fsp3) is 0.667. The molecule has 2 fully saturated rings. The molecule has 2 aliphatic rings. The van der Waals surface area contributed by atoms with Crippen molar-refractivity contribution < 1.29 is 0 Å². The Labute approximate surface area is 123 Å². The van der Waals surface area contributed by atoms with E-state index in [1.807, 2.05) is 0 Å². The van der Waals surface area contributed by atoms with E-state index in [9.17, 15) is 0 Å². The van der Waals surface area contributed by atoms with Gasteiger partial charge in [0.05, 0.1) is 0 Å². The van der Waals surface area contributed by atoms with Crippen molar-refractivity contribution in [2.75, 3.05) is 13.1 Å². The van der Waals surface area contributed by atoms with Crippen LogP contribution in [-0.2, 0) is 6.42 Å². The van der Waals surface area contributed by atoms with Crippen LogP contribution in [0.4, 0.5) is 0 Å². The minimum absolute atomic E-state index is 0.615. The van der Waals surface area contributed by atoms with Crippen molar-refractivity contribution in [2.45, 2.75) is 57.7 Å². The molecular formula is C18H28N2. The molecule has 0 aromatic heterocycles. The molecule has 2 heteroatoms. The topological polar surface area (TPSA) is 15.3 Å². The Balaban J connectivity index is 1.61. The molecule has 0 spiro atoms. The molecule has 3 rings (SSSR count).